The highest BCUT2D eigenvalue weighted by Crippen LogP contribution is 2.28. The van der Waals surface area contributed by atoms with E-state index in [1.807, 2.05) is 6.92 Å². The van der Waals surface area contributed by atoms with Crippen molar-refractivity contribution in [3.8, 4) is 6.07 Å². The Morgan fingerprint density at radius 3 is 2.89 bits per heavy atom. The Kier molecular flexibility index (Phi) is 6.11. The molecule has 0 aliphatic carbocycles. The van der Waals surface area contributed by atoms with Crippen molar-refractivity contribution in [3.05, 3.63) is 40.4 Å². The summed E-state index contributed by atoms with van der Waals surface area (Å²) in [5.74, 6) is -0.725. The highest BCUT2D eigenvalue weighted by Gasteiger charge is 2.36. The lowest BCUT2D eigenvalue weighted by Crippen LogP contribution is -2.32. The molecular weight excluding hydrogens is 366 g/mol. The number of nitrogens with zero attached hydrogens (tertiary/aromatic N) is 4. The smallest absolute Gasteiger partial charge is 0.229 e. The molecule has 1 saturated heterocycles. The third-order valence-corrected chi connectivity index (χ3v) is 5.08. The summed E-state index contributed by atoms with van der Waals surface area (Å²) in [6.45, 7) is 3.49. The first kappa shape index (κ1) is 18.9. The lowest BCUT2D eigenvalue weighted by Gasteiger charge is -2.12. The number of nitrogens with one attached hydrogen (secondary N) is 1. The van der Waals surface area contributed by atoms with E-state index in [4.69, 9.17) is 10.00 Å². The second-order valence-corrected chi connectivity index (χ2v) is 7.09. The van der Waals surface area contributed by atoms with E-state index in [0.717, 1.165) is 5.56 Å². The van der Waals surface area contributed by atoms with Gasteiger partial charge in [0.1, 0.15) is 11.6 Å². The van der Waals surface area contributed by atoms with Gasteiger partial charge in [-0.25, -0.2) is 0 Å². The second-order valence-electron chi connectivity index (χ2n) is 6.05. The zero-order chi connectivity index (χ0) is 19.2. The summed E-state index contributed by atoms with van der Waals surface area (Å²) in [7, 11) is 0. The summed E-state index contributed by atoms with van der Waals surface area (Å²) >= 11 is 1.30. The van der Waals surface area contributed by atoms with Gasteiger partial charge < -0.3 is 10.1 Å². The van der Waals surface area contributed by atoms with Crippen LogP contribution in [0.4, 0.5) is 5.13 Å². The van der Waals surface area contributed by atoms with Gasteiger partial charge in [0.15, 0.2) is 0 Å². The van der Waals surface area contributed by atoms with Crippen molar-refractivity contribution in [2.45, 2.75) is 26.5 Å². The molecule has 8 nitrogen and oxygen atoms in total. The molecule has 0 saturated carbocycles. The van der Waals surface area contributed by atoms with Crippen LogP contribution >= 0.6 is 11.3 Å². The lowest BCUT2D eigenvalue weighted by molar-refractivity contribution is -0.126. The molecule has 1 fully saturated rings. The van der Waals surface area contributed by atoms with Crippen LogP contribution in [0.1, 0.15) is 29.5 Å². The number of hydrogen-bond donors (Lipinski definition) is 1. The molecule has 1 aromatic carbocycles. The van der Waals surface area contributed by atoms with E-state index in [2.05, 4.69) is 21.6 Å². The maximum absolute atomic E-state index is 12.4. The predicted molar refractivity (Wildman–Crippen MR) is 98.7 cm³/mol. The molecule has 27 heavy (non-hydrogen) atoms. The molecule has 9 heteroatoms. The van der Waals surface area contributed by atoms with Crippen molar-refractivity contribution in [1.82, 2.24) is 15.5 Å². The number of anilines is 1. The van der Waals surface area contributed by atoms with Crippen LogP contribution in [0, 0.1) is 17.2 Å². The number of amides is 2. The number of hydrogen-bond acceptors (Lipinski definition) is 7. The monoisotopic (exact) mass is 385 g/mol. The van der Waals surface area contributed by atoms with Crippen molar-refractivity contribution < 1.29 is 14.3 Å². The lowest BCUT2D eigenvalue weighted by atomic mass is 10.1. The summed E-state index contributed by atoms with van der Waals surface area (Å²) in [4.78, 5) is 26.2. The molecule has 0 bridgehead atoms. The van der Waals surface area contributed by atoms with Crippen molar-refractivity contribution in [2.75, 3.05) is 18.1 Å². The zero-order valence-corrected chi connectivity index (χ0v) is 15.7. The Labute approximate surface area is 160 Å². The summed E-state index contributed by atoms with van der Waals surface area (Å²) < 4.78 is 5.29. The maximum atomic E-state index is 12.4. The predicted octanol–water partition coefficient (Wildman–Crippen LogP) is 1.62. The molecule has 2 amide bonds. The molecule has 1 aromatic heterocycles. The van der Waals surface area contributed by atoms with Gasteiger partial charge in [-0.15, -0.1) is 10.2 Å². The van der Waals surface area contributed by atoms with E-state index in [1.165, 1.54) is 16.2 Å². The van der Waals surface area contributed by atoms with Crippen molar-refractivity contribution in [3.63, 3.8) is 0 Å². The van der Waals surface area contributed by atoms with Crippen LogP contribution in [-0.2, 0) is 27.5 Å². The van der Waals surface area contributed by atoms with Crippen LogP contribution in [0.3, 0.4) is 0 Å². The summed E-state index contributed by atoms with van der Waals surface area (Å²) in [6.07, 6.45) is 0.152. The number of ether oxygens (including phenoxy) is 1. The SMILES string of the molecule is CCOCc1nnc(N2CC(C(=O)NCc3ccc(C#N)cc3)CC2=O)s1. The third-order valence-electron chi connectivity index (χ3n) is 4.16. The standard InChI is InChI=1S/C18H19N5O3S/c1-2-26-11-15-21-22-18(27-15)23-10-14(7-16(23)24)17(25)20-9-13-5-3-12(8-19)4-6-13/h3-6,14H,2,7,9-11H2,1H3,(H,20,25). The number of carbonyl (C=O) groups is 2. The molecule has 3 rings (SSSR count). The number of carbonyl (C=O) groups excluding carboxylic acids is 2. The van der Waals surface area contributed by atoms with Gasteiger partial charge in [-0.1, -0.05) is 23.5 Å². The number of rotatable bonds is 7. The first-order chi connectivity index (χ1) is 13.1. The van der Waals surface area contributed by atoms with E-state index in [9.17, 15) is 9.59 Å². The number of nitriles is 1. The van der Waals surface area contributed by atoms with Gasteiger partial charge in [0.2, 0.25) is 16.9 Å². The molecule has 1 aliphatic heterocycles. The molecule has 1 atom stereocenters. The van der Waals surface area contributed by atoms with E-state index in [0.29, 0.717) is 42.0 Å². The molecule has 1 unspecified atom stereocenters. The molecule has 2 heterocycles. The minimum atomic E-state index is -0.421. The van der Waals surface area contributed by atoms with Crippen LogP contribution in [0.25, 0.3) is 0 Å². The van der Waals surface area contributed by atoms with Gasteiger partial charge in [-0.2, -0.15) is 5.26 Å². The quantitative estimate of drug-likeness (QED) is 0.776. The van der Waals surface area contributed by atoms with Crippen LogP contribution in [0.5, 0.6) is 0 Å². The van der Waals surface area contributed by atoms with E-state index < -0.39 is 5.92 Å². The highest BCUT2D eigenvalue weighted by molar-refractivity contribution is 7.15. The average molecular weight is 385 g/mol. The highest BCUT2D eigenvalue weighted by atomic mass is 32.1. The van der Waals surface area contributed by atoms with Gasteiger partial charge in [-0.3, -0.25) is 14.5 Å². The van der Waals surface area contributed by atoms with Gasteiger partial charge >= 0.3 is 0 Å². The molecule has 2 aromatic rings. The van der Waals surface area contributed by atoms with Crippen LogP contribution in [0.2, 0.25) is 0 Å². The molecule has 0 radical (unpaired) electrons. The summed E-state index contributed by atoms with van der Waals surface area (Å²) in [5, 5.41) is 20.9. The van der Waals surface area contributed by atoms with Gasteiger partial charge in [0.05, 0.1) is 17.6 Å². The number of benzene rings is 1. The Morgan fingerprint density at radius 2 is 2.19 bits per heavy atom. The van der Waals surface area contributed by atoms with Gasteiger partial charge in [0, 0.05) is 26.1 Å². The first-order valence-corrected chi connectivity index (χ1v) is 9.39. The van der Waals surface area contributed by atoms with E-state index >= 15 is 0 Å². The Hall–Kier alpha value is -2.83. The maximum Gasteiger partial charge on any atom is 0.229 e. The Morgan fingerprint density at radius 1 is 1.41 bits per heavy atom. The molecule has 140 valence electrons. The zero-order valence-electron chi connectivity index (χ0n) is 14.8. The summed E-state index contributed by atoms with van der Waals surface area (Å²) in [5.41, 5.74) is 1.47. The van der Waals surface area contributed by atoms with Crippen molar-refractivity contribution >= 4 is 28.3 Å². The Bertz CT molecular complexity index is 859. The molecular formula is C18H19N5O3S. The fraction of sp³-hybridized carbons (Fsp3) is 0.389. The Balaban J connectivity index is 1.55. The van der Waals surface area contributed by atoms with Gasteiger partial charge in [-0.05, 0) is 24.6 Å². The van der Waals surface area contributed by atoms with Crippen LogP contribution in [0.15, 0.2) is 24.3 Å². The van der Waals surface area contributed by atoms with Crippen molar-refractivity contribution in [1.29, 1.82) is 5.26 Å². The number of aromatic nitrogens is 2. The van der Waals surface area contributed by atoms with E-state index in [1.54, 1.807) is 24.3 Å². The minimum absolute atomic E-state index is 0.132. The first-order valence-electron chi connectivity index (χ1n) is 8.58. The largest absolute Gasteiger partial charge is 0.374 e. The fourth-order valence-corrected chi connectivity index (χ4v) is 3.50. The second kappa shape index (κ2) is 8.70. The summed E-state index contributed by atoms with van der Waals surface area (Å²) in [6, 6.07) is 9.06. The third kappa shape index (κ3) is 4.67. The topological polar surface area (TPSA) is 108 Å². The van der Waals surface area contributed by atoms with E-state index in [-0.39, 0.29) is 18.2 Å². The van der Waals surface area contributed by atoms with Gasteiger partial charge in [0.25, 0.3) is 0 Å². The van der Waals surface area contributed by atoms with Crippen LogP contribution < -0.4 is 10.2 Å². The minimum Gasteiger partial charge on any atom is -0.374 e. The van der Waals surface area contributed by atoms with Crippen LogP contribution in [-0.4, -0.2) is 35.2 Å². The average Bonchev–Trinajstić information content (AvgIpc) is 3.31. The molecule has 1 N–H and O–H groups in total. The normalized spacial score (nSPS) is 16.4. The molecule has 1 aliphatic rings. The molecule has 0 spiro atoms. The fourth-order valence-electron chi connectivity index (χ4n) is 2.70. The van der Waals surface area contributed by atoms with Crippen molar-refractivity contribution in [2.24, 2.45) is 5.92 Å².